The lowest BCUT2D eigenvalue weighted by molar-refractivity contribution is 0.0841. The van der Waals surface area contributed by atoms with Crippen molar-refractivity contribution < 1.29 is 9.53 Å². The van der Waals surface area contributed by atoms with Crippen LogP contribution in [0.15, 0.2) is 30.9 Å². The molecule has 7 heteroatoms. The molecule has 1 unspecified atom stereocenters. The van der Waals surface area contributed by atoms with Crippen LogP contribution in [0.4, 0.5) is 0 Å². The molecule has 19 heavy (non-hydrogen) atoms. The Balaban J connectivity index is 0.00000133. The first kappa shape index (κ1) is 14.2. The van der Waals surface area contributed by atoms with Crippen molar-refractivity contribution in [2.45, 2.75) is 6.04 Å². The highest BCUT2D eigenvalue weighted by molar-refractivity contribution is 6.37. The van der Waals surface area contributed by atoms with Crippen molar-refractivity contribution in [1.29, 1.82) is 0 Å². The molecule has 2 aromatic rings. The summed E-state index contributed by atoms with van der Waals surface area (Å²) in [7, 11) is 0. The van der Waals surface area contributed by atoms with E-state index in [0.717, 1.165) is 0 Å². The third-order valence-electron chi connectivity index (χ3n) is 2.85. The van der Waals surface area contributed by atoms with E-state index in [9.17, 15) is 4.79 Å². The van der Waals surface area contributed by atoms with Crippen LogP contribution in [0.5, 0.6) is 5.75 Å². The molecule has 1 aromatic heterocycles. The van der Waals surface area contributed by atoms with Crippen LogP contribution in [0.25, 0.3) is 0 Å². The van der Waals surface area contributed by atoms with Gasteiger partial charge in [0.25, 0.3) is 0 Å². The number of nitrogens with zero attached hydrogens (tertiary/aromatic N) is 2. The number of carbonyl (C=O) groups is 1. The van der Waals surface area contributed by atoms with Crippen molar-refractivity contribution in [3.8, 4) is 5.75 Å². The van der Waals surface area contributed by atoms with Crippen molar-refractivity contribution in [2.75, 3.05) is 6.61 Å². The summed E-state index contributed by atoms with van der Waals surface area (Å²) in [5.41, 5.74) is 0.381. The third kappa shape index (κ3) is 2.43. The van der Waals surface area contributed by atoms with Crippen molar-refractivity contribution in [3.05, 3.63) is 46.5 Å². The normalized spacial score (nSPS) is 17.4. The summed E-state index contributed by atoms with van der Waals surface area (Å²) in [5.74, 6) is 0.352. The summed E-state index contributed by atoms with van der Waals surface area (Å²) >= 11 is 11.9. The van der Waals surface area contributed by atoms with Gasteiger partial charge in [0.05, 0.1) is 16.9 Å². The number of Topliss-reactive ketones (excluding diaryl/α,β-unsaturated/α-hetero) is 1. The summed E-state index contributed by atoms with van der Waals surface area (Å²) in [6, 6.07) is 2.71. The summed E-state index contributed by atoms with van der Waals surface area (Å²) in [6.45, 7) is 0.249. The van der Waals surface area contributed by atoms with Gasteiger partial charge in [-0.05, 0) is 12.1 Å². The molecule has 3 rings (SSSR count). The SMILES string of the molecule is Cl.O=C1c2c(Cl)cc(Cl)cc2OCC1n1ccnc1. The van der Waals surface area contributed by atoms with Crippen LogP contribution in [0, 0.1) is 0 Å². The van der Waals surface area contributed by atoms with E-state index < -0.39 is 6.04 Å². The van der Waals surface area contributed by atoms with Gasteiger partial charge in [0.1, 0.15) is 18.4 Å². The van der Waals surface area contributed by atoms with Gasteiger partial charge in [0, 0.05) is 17.4 Å². The minimum atomic E-state index is -0.432. The first-order valence-corrected chi connectivity index (χ1v) is 6.06. The van der Waals surface area contributed by atoms with E-state index in [1.165, 1.54) is 0 Å². The number of imidazole rings is 1. The Hall–Kier alpha value is -1.23. The maximum atomic E-state index is 12.4. The fraction of sp³-hybridized carbons (Fsp3) is 0.167. The monoisotopic (exact) mass is 318 g/mol. The van der Waals surface area contributed by atoms with E-state index >= 15 is 0 Å². The predicted octanol–water partition coefficient (Wildman–Crippen LogP) is 3.43. The molecule has 1 atom stereocenters. The molecule has 4 nitrogen and oxygen atoms in total. The number of fused-ring (bicyclic) bond motifs is 1. The maximum absolute atomic E-state index is 12.4. The average Bonchev–Trinajstić information content (AvgIpc) is 2.81. The Bertz CT molecular complexity index is 614. The van der Waals surface area contributed by atoms with Crippen LogP contribution in [0.3, 0.4) is 0 Å². The molecule has 0 aliphatic carbocycles. The third-order valence-corrected chi connectivity index (χ3v) is 3.37. The van der Waals surface area contributed by atoms with Gasteiger partial charge in [-0.15, -0.1) is 12.4 Å². The molecule has 0 fully saturated rings. The molecule has 0 spiro atoms. The van der Waals surface area contributed by atoms with Crippen molar-refractivity contribution >= 4 is 41.4 Å². The van der Waals surface area contributed by atoms with E-state index in [0.29, 0.717) is 21.4 Å². The van der Waals surface area contributed by atoms with Crippen molar-refractivity contribution in [1.82, 2.24) is 9.55 Å². The zero-order valence-corrected chi connectivity index (χ0v) is 11.9. The second-order valence-electron chi connectivity index (χ2n) is 3.96. The van der Waals surface area contributed by atoms with Crippen LogP contribution in [-0.4, -0.2) is 21.9 Å². The maximum Gasteiger partial charge on any atom is 0.194 e. The minimum Gasteiger partial charge on any atom is -0.490 e. The summed E-state index contributed by atoms with van der Waals surface area (Å²) in [6.07, 6.45) is 4.92. The number of hydrogen-bond donors (Lipinski definition) is 0. The largest absolute Gasteiger partial charge is 0.490 e. The Labute approximate surface area is 125 Å². The highest BCUT2D eigenvalue weighted by atomic mass is 35.5. The van der Waals surface area contributed by atoms with E-state index in [2.05, 4.69) is 4.98 Å². The lowest BCUT2D eigenvalue weighted by atomic mass is 10.0. The lowest BCUT2D eigenvalue weighted by Crippen LogP contribution is -2.30. The zero-order valence-electron chi connectivity index (χ0n) is 9.55. The standard InChI is InChI=1S/C12H8Cl2N2O2.ClH/c13-7-3-8(14)11-10(4-7)18-5-9(12(11)17)16-2-1-15-6-16;/h1-4,6,9H,5H2;1H. The molecular formula is C12H9Cl3N2O2. The van der Waals surface area contributed by atoms with Gasteiger partial charge < -0.3 is 9.30 Å². The molecule has 2 heterocycles. The van der Waals surface area contributed by atoms with Gasteiger partial charge in [-0.25, -0.2) is 4.98 Å². The molecule has 100 valence electrons. The zero-order chi connectivity index (χ0) is 12.7. The number of benzene rings is 1. The van der Waals surface area contributed by atoms with Gasteiger partial charge in [0.15, 0.2) is 5.78 Å². The molecule has 0 saturated heterocycles. The minimum absolute atomic E-state index is 0. The lowest BCUT2D eigenvalue weighted by Gasteiger charge is -2.25. The van der Waals surface area contributed by atoms with Gasteiger partial charge in [-0.3, -0.25) is 4.79 Å². The van der Waals surface area contributed by atoms with Crippen molar-refractivity contribution in [3.63, 3.8) is 0 Å². The average molecular weight is 320 g/mol. The molecule has 0 bridgehead atoms. The topological polar surface area (TPSA) is 44.1 Å². The van der Waals surface area contributed by atoms with Crippen LogP contribution in [-0.2, 0) is 0 Å². The fourth-order valence-corrected chi connectivity index (χ4v) is 2.56. The molecule has 0 radical (unpaired) electrons. The van der Waals surface area contributed by atoms with Crippen LogP contribution in [0.2, 0.25) is 10.0 Å². The molecular weight excluding hydrogens is 311 g/mol. The first-order valence-electron chi connectivity index (χ1n) is 5.30. The Morgan fingerprint density at radius 2 is 2.16 bits per heavy atom. The van der Waals surface area contributed by atoms with Gasteiger partial charge in [0.2, 0.25) is 0 Å². The molecule has 0 saturated carbocycles. The highest BCUT2D eigenvalue weighted by Crippen LogP contribution is 2.37. The molecule has 0 amide bonds. The van der Waals surface area contributed by atoms with E-state index in [1.807, 2.05) is 0 Å². The number of ketones is 1. The summed E-state index contributed by atoms with van der Waals surface area (Å²) in [4.78, 5) is 16.3. The molecule has 1 aromatic carbocycles. The van der Waals surface area contributed by atoms with E-state index in [-0.39, 0.29) is 24.8 Å². The number of ether oxygens (including phenoxy) is 1. The van der Waals surface area contributed by atoms with Crippen LogP contribution in [0.1, 0.15) is 16.4 Å². The predicted molar refractivity (Wildman–Crippen MR) is 74.8 cm³/mol. The van der Waals surface area contributed by atoms with Crippen molar-refractivity contribution in [2.24, 2.45) is 0 Å². The number of rotatable bonds is 1. The summed E-state index contributed by atoms with van der Waals surface area (Å²) in [5, 5.41) is 0.764. The van der Waals surface area contributed by atoms with E-state index in [1.54, 1.807) is 35.4 Å². The first-order chi connectivity index (χ1) is 8.66. The number of aromatic nitrogens is 2. The van der Waals surface area contributed by atoms with Gasteiger partial charge in [-0.1, -0.05) is 23.2 Å². The van der Waals surface area contributed by atoms with Crippen LogP contribution >= 0.6 is 35.6 Å². The van der Waals surface area contributed by atoms with Crippen LogP contribution < -0.4 is 4.74 Å². The molecule has 1 aliphatic rings. The van der Waals surface area contributed by atoms with E-state index in [4.69, 9.17) is 27.9 Å². The number of carbonyl (C=O) groups excluding carboxylic acids is 1. The molecule has 1 aliphatic heterocycles. The highest BCUT2D eigenvalue weighted by Gasteiger charge is 2.32. The smallest absolute Gasteiger partial charge is 0.194 e. The fourth-order valence-electron chi connectivity index (χ4n) is 1.99. The summed E-state index contributed by atoms with van der Waals surface area (Å²) < 4.78 is 7.26. The number of hydrogen-bond acceptors (Lipinski definition) is 3. The second-order valence-corrected chi connectivity index (χ2v) is 4.81. The molecule has 0 N–H and O–H groups in total. The number of halogens is 3. The second kappa shape index (κ2) is 5.41. The van der Waals surface area contributed by atoms with Gasteiger partial charge in [-0.2, -0.15) is 0 Å². The Morgan fingerprint density at radius 1 is 1.37 bits per heavy atom. The van der Waals surface area contributed by atoms with Gasteiger partial charge >= 0.3 is 0 Å². The Morgan fingerprint density at radius 3 is 2.84 bits per heavy atom. The Kier molecular flexibility index (Phi) is 4.04. The quantitative estimate of drug-likeness (QED) is 0.809.